The van der Waals surface area contributed by atoms with E-state index < -0.39 is 10.4 Å². The lowest BCUT2D eigenvalue weighted by Crippen LogP contribution is -2.14. The van der Waals surface area contributed by atoms with Gasteiger partial charge in [-0.2, -0.15) is 8.42 Å². The number of unbranched alkanes of at least 4 members (excludes halogenated alkanes) is 26. The molecule has 0 bridgehead atoms. The van der Waals surface area contributed by atoms with E-state index in [1.807, 2.05) is 0 Å². The van der Waals surface area contributed by atoms with Crippen LogP contribution < -0.4 is 0 Å². The second-order valence-electron chi connectivity index (χ2n) is 12.3. The van der Waals surface area contributed by atoms with E-state index in [1.54, 1.807) is 0 Å². The van der Waals surface area contributed by atoms with E-state index in [2.05, 4.69) is 13.8 Å². The molecule has 1 N–H and O–H groups in total. The van der Waals surface area contributed by atoms with E-state index in [0.717, 1.165) is 25.7 Å². The molecule has 0 saturated carbocycles. The molecule has 0 aliphatic carbocycles. The fourth-order valence-corrected chi connectivity index (χ4v) is 6.11. The number of hydrogen-bond donors (Lipinski definition) is 1. The maximum atomic E-state index is 11.1. The zero-order valence-electron chi connectivity index (χ0n) is 26.6. The summed E-state index contributed by atoms with van der Waals surface area (Å²) in [5.74, 6) is 0.238. The van der Waals surface area contributed by atoms with Crippen LogP contribution in [0.15, 0.2) is 0 Å². The summed E-state index contributed by atoms with van der Waals surface area (Å²) in [6, 6.07) is 0. The quantitative estimate of drug-likeness (QED) is 0.0625. The monoisotopic (exact) mass is 574 g/mol. The second-order valence-corrected chi connectivity index (χ2v) is 13.4. The van der Waals surface area contributed by atoms with Crippen molar-refractivity contribution in [2.45, 2.75) is 206 Å². The van der Waals surface area contributed by atoms with Gasteiger partial charge in [0.15, 0.2) is 0 Å². The normalized spacial score (nSPS) is 12.8. The Morgan fingerprint density at radius 3 is 0.897 bits per heavy atom. The highest BCUT2D eigenvalue weighted by molar-refractivity contribution is 7.80. The summed E-state index contributed by atoms with van der Waals surface area (Å²) < 4.78 is 35.9. The topological polar surface area (TPSA) is 63.6 Å². The molecule has 1 atom stereocenters. The minimum atomic E-state index is -4.34. The smallest absolute Gasteiger partial charge is 0.264 e. The van der Waals surface area contributed by atoms with Gasteiger partial charge in [-0.1, -0.05) is 194 Å². The number of rotatable bonds is 33. The lowest BCUT2D eigenvalue weighted by Gasteiger charge is -2.16. The Balaban J connectivity index is 3.67. The predicted octanol–water partition coefficient (Wildman–Crippen LogP) is 12.2. The van der Waals surface area contributed by atoms with Crippen LogP contribution in [0, 0.1) is 5.92 Å². The van der Waals surface area contributed by atoms with E-state index in [1.165, 1.54) is 167 Å². The van der Waals surface area contributed by atoms with E-state index in [9.17, 15) is 8.42 Å². The molecule has 0 aliphatic rings. The predicted molar refractivity (Wildman–Crippen MR) is 171 cm³/mol. The third-order valence-electron chi connectivity index (χ3n) is 8.38. The fourth-order valence-electron chi connectivity index (χ4n) is 5.75. The molecule has 1 unspecified atom stereocenters. The second kappa shape index (κ2) is 30.8. The summed E-state index contributed by atoms with van der Waals surface area (Å²) in [5.41, 5.74) is 0. The van der Waals surface area contributed by atoms with Gasteiger partial charge < -0.3 is 0 Å². The first-order chi connectivity index (χ1) is 19.0. The van der Waals surface area contributed by atoms with Crippen molar-refractivity contribution in [2.75, 3.05) is 6.61 Å². The first-order valence-electron chi connectivity index (χ1n) is 17.6. The Morgan fingerprint density at radius 2 is 0.667 bits per heavy atom. The van der Waals surface area contributed by atoms with Gasteiger partial charge in [-0.3, -0.25) is 4.55 Å². The first kappa shape index (κ1) is 38.9. The van der Waals surface area contributed by atoms with Gasteiger partial charge in [-0.15, -0.1) is 0 Å². The zero-order chi connectivity index (χ0) is 28.7. The summed E-state index contributed by atoms with van der Waals surface area (Å²) in [6.07, 6.45) is 39.8. The lowest BCUT2D eigenvalue weighted by molar-refractivity contribution is 0.204. The summed E-state index contributed by atoms with van der Waals surface area (Å²) in [7, 11) is -4.34. The van der Waals surface area contributed by atoms with Crippen molar-refractivity contribution in [3.05, 3.63) is 0 Å². The molecule has 0 saturated heterocycles. The van der Waals surface area contributed by atoms with Gasteiger partial charge in [0, 0.05) is 0 Å². The molecule has 0 rings (SSSR count). The zero-order valence-corrected chi connectivity index (χ0v) is 27.4. The SMILES string of the molecule is CCCCCCCCCCCCCCCCCCC(CCCCCCCCCCCCCC)COS(=O)(=O)O. The Labute approximate surface area is 246 Å². The molecule has 0 aliphatic heterocycles. The molecule has 0 aromatic carbocycles. The van der Waals surface area contributed by atoms with Crippen LogP contribution in [0.3, 0.4) is 0 Å². The van der Waals surface area contributed by atoms with Crippen molar-refractivity contribution in [1.29, 1.82) is 0 Å². The third kappa shape index (κ3) is 34.0. The summed E-state index contributed by atoms with van der Waals surface area (Å²) in [5, 5.41) is 0. The molecule has 0 heterocycles. The van der Waals surface area contributed by atoms with E-state index in [4.69, 9.17) is 8.74 Å². The Morgan fingerprint density at radius 1 is 0.436 bits per heavy atom. The highest BCUT2D eigenvalue weighted by atomic mass is 32.3. The molecule has 0 spiro atoms. The highest BCUT2D eigenvalue weighted by Crippen LogP contribution is 2.21. The Kier molecular flexibility index (Phi) is 30.7. The van der Waals surface area contributed by atoms with Crippen molar-refractivity contribution in [3.63, 3.8) is 0 Å². The molecular formula is C34H70O4S. The highest BCUT2D eigenvalue weighted by Gasteiger charge is 2.13. The minimum Gasteiger partial charge on any atom is -0.264 e. The van der Waals surface area contributed by atoms with Gasteiger partial charge in [0.25, 0.3) is 0 Å². The van der Waals surface area contributed by atoms with Gasteiger partial charge >= 0.3 is 10.4 Å². The first-order valence-corrected chi connectivity index (χ1v) is 19.0. The van der Waals surface area contributed by atoms with Gasteiger partial charge in [-0.05, 0) is 18.8 Å². The molecule has 0 aromatic heterocycles. The van der Waals surface area contributed by atoms with Gasteiger partial charge in [0.2, 0.25) is 0 Å². The van der Waals surface area contributed by atoms with Crippen LogP contribution in [0.2, 0.25) is 0 Å². The third-order valence-corrected chi connectivity index (χ3v) is 8.82. The van der Waals surface area contributed by atoms with Crippen molar-refractivity contribution in [2.24, 2.45) is 5.92 Å². The van der Waals surface area contributed by atoms with Crippen molar-refractivity contribution >= 4 is 10.4 Å². The maximum absolute atomic E-state index is 11.1. The maximum Gasteiger partial charge on any atom is 0.397 e. The van der Waals surface area contributed by atoms with E-state index in [-0.39, 0.29) is 12.5 Å². The van der Waals surface area contributed by atoms with Crippen molar-refractivity contribution < 1.29 is 17.2 Å². The van der Waals surface area contributed by atoms with Crippen LogP contribution in [0.5, 0.6) is 0 Å². The molecule has 0 radical (unpaired) electrons. The molecule has 0 aromatic rings. The standard InChI is InChI=1S/C34H70O4S/c1-3-5-7-9-11-13-15-17-18-19-20-22-24-26-28-30-32-34(33-38-39(35,36)37)31-29-27-25-23-21-16-14-12-10-8-6-4-2/h34H,3-33H2,1-2H3,(H,35,36,37). The van der Waals surface area contributed by atoms with Crippen LogP contribution >= 0.6 is 0 Å². The largest absolute Gasteiger partial charge is 0.397 e. The van der Waals surface area contributed by atoms with Crippen LogP contribution in [0.4, 0.5) is 0 Å². The van der Waals surface area contributed by atoms with Gasteiger partial charge in [0.1, 0.15) is 0 Å². The van der Waals surface area contributed by atoms with Crippen LogP contribution in [-0.2, 0) is 14.6 Å². The molecular weight excluding hydrogens is 504 g/mol. The van der Waals surface area contributed by atoms with Crippen LogP contribution in [0.25, 0.3) is 0 Å². The molecule has 236 valence electrons. The average molecular weight is 575 g/mol. The molecule has 0 fully saturated rings. The van der Waals surface area contributed by atoms with Gasteiger partial charge in [-0.25, -0.2) is 4.18 Å². The van der Waals surface area contributed by atoms with E-state index >= 15 is 0 Å². The Bertz CT molecular complexity index is 564. The number of hydrogen-bond acceptors (Lipinski definition) is 3. The van der Waals surface area contributed by atoms with Crippen LogP contribution in [-0.4, -0.2) is 19.6 Å². The molecule has 5 heteroatoms. The minimum absolute atomic E-state index is 0.135. The fraction of sp³-hybridized carbons (Fsp3) is 1.00. The lowest BCUT2D eigenvalue weighted by atomic mass is 9.94. The Hall–Kier alpha value is -0.130. The van der Waals surface area contributed by atoms with Crippen LogP contribution in [0.1, 0.15) is 206 Å². The molecule has 0 amide bonds. The summed E-state index contributed by atoms with van der Waals surface area (Å²) in [6.45, 7) is 4.68. The summed E-state index contributed by atoms with van der Waals surface area (Å²) >= 11 is 0. The molecule has 4 nitrogen and oxygen atoms in total. The van der Waals surface area contributed by atoms with Crippen molar-refractivity contribution in [1.82, 2.24) is 0 Å². The van der Waals surface area contributed by atoms with E-state index in [0.29, 0.717) is 0 Å². The summed E-state index contributed by atoms with van der Waals surface area (Å²) in [4.78, 5) is 0. The van der Waals surface area contributed by atoms with Gasteiger partial charge in [0.05, 0.1) is 6.61 Å². The molecule has 39 heavy (non-hydrogen) atoms. The average Bonchev–Trinajstić information content (AvgIpc) is 2.91. The van der Waals surface area contributed by atoms with Crippen molar-refractivity contribution in [3.8, 4) is 0 Å².